The van der Waals surface area contributed by atoms with Gasteiger partial charge in [0.1, 0.15) is 10.5 Å². The van der Waals surface area contributed by atoms with Gasteiger partial charge in [-0.2, -0.15) is 0 Å². The van der Waals surface area contributed by atoms with Crippen molar-refractivity contribution in [2.75, 3.05) is 0 Å². The topological polar surface area (TPSA) is 27.7 Å². The van der Waals surface area contributed by atoms with E-state index in [-0.39, 0.29) is 0 Å². The van der Waals surface area contributed by atoms with Crippen LogP contribution >= 0.6 is 22.2 Å². The van der Waals surface area contributed by atoms with Gasteiger partial charge >= 0.3 is 8.59 Å². The summed E-state index contributed by atoms with van der Waals surface area (Å²) < 4.78 is 14.8. The molecule has 0 amide bonds. The van der Waals surface area contributed by atoms with Crippen LogP contribution in [0.2, 0.25) is 0 Å². The zero-order chi connectivity index (χ0) is 7.11. The van der Waals surface area contributed by atoms with Crippen LogP contribution in [0.5, 0.6) is 0 Å². The van der Waals surface area contributed by atoms with Crippen molar-refractivity contribution in [3.8, 4) is 0 Å². The van der Waals surface area contributed by atoms with E-state index in [0.717, 1.165) is 10.5 Å². The molecule has 0 aromatic carbocycles. The molecule has 0 spiro atoms. The first kappa shape index (κ1) is 10.3. The maximum Gasteiger partial charge on any atom is 0.407 e. The van der Waals surface area contributed by atoms with Gasteiger partial charge in [-0.25, -0.2) is 0 Å². The maximum absolute atomic E-state index is 5.57. The summed E-state index contributed by atoms with van der Waals surface area (Å²) in [7, 11) is -2.86. The third kappa shape index (κ3) is 7.22. The first-order valence-electron chi connectivity index (χ1n) is 2.23. The second kappa shape index (κ2) is 7.43. The molecule has 0 saturated heterocycles. The Labute approximate surface area is 72.8 Å². The van der Waals surface area contributed by atoms with E-state index >= 15 is 0 Å². The second-order valence-corrected chi connectivity index (χ2v) is 8.83. The highest BCUT2D eigenvalue weighted by Crippen LogP contribution is 1.92. The van der Waals surface area contributed by atoms with Gasteiger partial charge in [-0.05, 0) is 0 Å². The zero-order valence-corrected chi connectivity index (χ0v) is 12.5. The van der Waals surface area contributed by atoms with Crippen LogP contribution in [-0.4, -0.2) is 38.2 Å². The van der Waals surface area contributed by atoms with Crippen molar-refractivity contribution in [1.82, 2.24) is 0 Å². The van der Waals surface area contributed by atoms with Crippen LogP contribution in [0.15, 0.2) is 0 Å². The largest absolute Gasteiger partial charge is 0.449 e. The number of rotatable bonds is 5. The average molecular weight is 239 g/mol. The Balaban J connectivity index is 2.95. The lowest BCUT2D eigenvalue weighted by Gasteiger charge is -2.06. The molecule has 56 valence electrons. The fourth-order valence-corrected chi connectivity index (χ4v) is 6.70. The Bertz CT molecular complexity index is 61.8. The van der Waals surface area contributed by atoms with Crippen molar-refractivity contribution in [2.24, 2.45) is 0 Å². The Morgan fingerprint density at radius 3 is 2.56 bits per heavy atom. The summed E-state index contributed by atoms with van der Waals surface area (Å²) in [5.74, 6) is 0. The van der Waals surface area contributed by atoms with Crippen LogP contribution in [0, 0.1) is 0 Å². The molecule has 0 aromatic rings. The molecule has 0 rings (SSSR count). The van der Waals surface area contributed by atoms with E-state index in [1.54, 1.807) is 0 Å². The van der Waals surface area contributed by atoms with Crippen LogP contribution in [0.25, 0.3) is 0 Å². The van der Waals surface area contributed by atoms with Gasteiger partial charge in [0.25, 0.3) is 10.0 Å². The molecule has 0 aliphatic heterocycles. The lowest BCUT2D eigenvalue weighted by atomic mass is 15.7. The normalized spacial score (nSPS) is 16.7. The average Bonchev–Trinajstić information content (AvgIpc) is 1.85. The number of hydrogen-bond donors (Lipinski definition) is 0. The highest BCUT2D eigenvalue weighted by Gasteiger charge is 2.05. The zero-order valence-electron chi connectivity index (χ0n) is 4.97. The summed E-state index contributed by atoms with van der Waals surface area (Å²) in [5.41, 5.74) is 0. The molecule has 0 radical (unpaired) electrons. The minimum Gasteiger partial charge on any atom is -0.449 e. The van der Waals surface area contributed by atoms with Crippen molar-refractivity contribution >= 4 is 60.3 Å². The molecule has 0 aliphatic rings. The van der Waals surface area contributed by atoms with Crippen molar-refractivity contribution < 1.29 is 12.3 Å². The molecule has 0 saturated carbocycles. The molecule has 0 N–H and O–H groups in total. The molecule has 0 aliphatic carbocycles. The highest BCUT2D eigenvalue weighted by atomic mass is 35.6. The molecule has 1 unspecified atom stereocenters. The minimum absolute atomic E-state index is 0.722. The number of hydrogen-bond acceptors (Lipinski definition) is 3. The standard InChI is InChI=1S/Cl2H8O3Si4/c1-7-4-9(2)5-8-3-6/h9H,7-8H2,6H3. The molecular weight excluding hydrogens is 231 g/mol. The Kier molecular flexibility index (Phi) is 8.53. The van der Waals surface area contributed by atoms with Crippen LogP contribution in [0.1, 0.15) is 0 Å². The molecule has 9 heavy (non-hydrogen) atoms. The van der Waals surface area contributed by atoms with E-state index in [4.69, 9.17) is 34.5 Å². The summed E-state index contributed by atoms with van der Waals surface area (Å²) in [5, 5.41) is 0. The van der Waals surface area contributed by atoms with Gasteiger partial charge in [-0.15, -0.1) is 22.2 Å². The molecular formula is H8Cl2O3Si4. The van der Waals surface area contributed by atoms with E-state index in [0.29, 0.717) is 0 Å². The molecule has 0 fully saturated rings. The van der Waals surface area contributed by atoms with Crippen LogP contribution < -0.4 is 0 Å². The van der Waals surface area contributed by atoms with Gasteiger partial charge in [0.2, 0.25) is 9.07 Å². The monoisotopic (exact) mass is 238 g/mol. The summed E-state index contributed by atoms with van der Waals surface area (Å²) in [6, 6.07) is 0. The first-order valence-corrected chi connectivity index (χ1v) is 9.61. The molecule has 1 atom stereocenters. The van der Waals surface area contributed by atoms with E-state index in [1.807, 2.05) is 0 Å². The minimum atomic E-state index is -1.86. The third-order valence-electron chi connectivity index (χ3n) is 0.511. The van der Waals surface area contributed by atoms with Gasteiger partial charge in [0.15, 0.2) is 0 Å². The van der Waals surface area contributed by atoms with Crippen molar-refractivity contribution in [1.29, 1.82) is 0 Å². The van der Waals surface area contributed by atoms with Crippen LogP contribution in [0.4, 0.5) is 0 Å². The lowest BCUT2D eigenvalue weighted by Crippen LogP contribution is -2.20. The quantitative estimate of drug-likeness (QED) is 0.392. The fraction of sp³-hybridized carbons (Fsp3) is 0. The predicted molar refractivity (Wildman–Crippen MR) is 49.1 cm³/mol. The van der Waals surface area contributed by atoms with E-state index in [9.17, 15) is 0 Å². The summed E-state index contributed by atoms with van der Waals surface area (Å²) in [6.07, 6.45) is 0. The Morgan fingerprint density at radius 2 is 2.11 bits per heavy atom. The molecule has 0 aromatic heterocycles. The predicted octanol–water partition coefficient (Wildman–Crippen LogP) is -2.49. The summed E-state index contributed by atoms with van der Waals surface area (Å²) in [6.45, 7) is 0. The lowest BCUT2D eigenvalue weighted by molar-refractivity contribution is 0.433. The van der Waals surface area contributed by atoms with Crippen LogP contribution in [0.3, 0.4) is 0 Å². The van der Waals surface area contributed by atoms with Crippen LogP contribution in [-0.2, 0) is 12.3 Å². The van der Waals surface area contributed by atoms with Gasteiger partial charge in [0.05, 0.1) is 0 Å². The summed E-state index contributed by atoms with van der Waals surface area (Å²) in [4.78, 5) is 0. The van der Waals surface area contributed by atoms with E-state index in [2.05, 4.69) is 0 Å². The molecule has 0 heterocycles. The molecule has 9 heteroatoms. The Morgan fingerprint density at radius 1 is 1.44 bits per heavy atom. The maximum atomic E-state index is 5.57. The summed E-state index contributed by atoms with van der Waals surface area (Å²) >= 11 is 10.9. The first-order chi connectivity index (χ1) is 4.31. The number of halogens is 2. The van der Waals surface area contributed by atoms with Crippen molar-refractivity contribution in [3.05, 3.63) is 0 Å². The molecule has 0 bridgehead atoms. The van der Waals surface area contributed by atoms with Gasteiger partial charge in [-0.1, -0.05) is 0 Å². The highest BCUT2D eigenvalue weighted by molar-refractivity contribution is 7.05. The Hall–Kier alpha value is 1.33. The molecule has 3 nitrogen and oxygen atoms in total. The van der Waals surface area contributed by atoms with Crippen molar-refractivity contribution in [3.63, 3.8) is 0 Å². The second-order valence-electron chi connectivity index (χ2n) is 1.12. The smallest absolute Gasteiger partial charge is 0.407 e. The fourth-order valence-electron chi connectivity index (χ4n) is 0.219. The third-order valence-corrected chi connectivity index (χ3v) is 8.00. The van der Waals surface area contributed by atoms with E-state index in [1.165, 1.54) is 0 Å². The SMILES string of the molecule is [SiH3]O[SiH2]O[SiH](Cl)O[SiH2]Cl. The van der Waals surface area contributed by atoms with Gasteiger partial charge < -0.3 is 12.3 Å². The van der Waals surface area contributed by atoms with Crippen molar-refractivity contribution in [2.45, 2.75) is 0 Å². The van der Waals surface area contributed by atoms with Gasteiger partial charge in [0, 0.05) is 0 Å². The van der Waals surface area contributed by atoms with Gasteiger partial charge in [-0.3, -0.25) is 0 Å². The van der Waals surface area contributed by atoms with E-state index < -0.39 is 27.7 Å².